The van der Waals surface area contributed by atoms with Gasteiger partial charge in [-0.2, -0.15) is 0 Å². The number of hydrogen-bond donors (Lipinski definition) is 6. The maximum absolute atomic E-state index is 10.9. The quantitative estimate of drug-likeness (QED) is 0.330. The first-order valence-electron chi connectivity index (χ1n) is 5.49. The van der Waals surface area contributed by atoms with E-state index in [9.17, 15) is 13.7 Å². The van der Waals surface area contributed by atoms with Crippen molar-refractivity contribution in [1.82, 2.24) is 0 Å². The highest BCUT2D eigenvalue weighted by Crippen LogP contribution is 2.49. The van der Waals surface area contributed by atoms with Gasteiger partial charge in [0.25, 0.3) is 0 Å². The normalized spacial score (nSPS) is 28.6. The molecule has 1 rings (SSSR count). The fourth-order valence-corrected chi connectivity index (χ4v) is 3.71. The van der Waals surface area contributed by atoms with Crippen LogP contribution in [0.1, 0.15) is 19.3 Å². The summed E-state index contributed by atoms with van der Waals surface area (Å²) in [6, 6.07) is 0. The molecule has 1 saturated carbocycles. The van der Waals surface area contributed by atoms with Crippen LogP contribution in [-0.4, -0.2) is 47.7 Å². The highest BCUT2D eigenvalue weighted by Gasteiger charge is 2.44. The molecule has 1 fully saturated rings. The standard InChI is InChI=1S/C6H15O12P3/c7-19(8,9)16-4-2-1-3-5(17-20(10,11)12)6(4)18-21(13,14)15/h4-6H,1-3H2,(H2,7,8,9)(H2,10,11,12)(H2,13,14,15). The third kappa shape index (κ3) is 7.94. The van der Waals surface area contributed by atoms with Crippen molar-refractivity contribution in [2.45, 2.75) is 37.6 Å². The molecular weight excluding hydrogens is 357 g/mol. The van der Waals surface area contributed by atoms with Crippen LogP contribution >= 0.6 is 23.5 Å². The van der Waals surface area contributed by atoms with Crippen LogP contribution in [0, 0.1) is 0 Å². The molecule has 1 aliphatic rings. The van der Waals surface area contributed by atoms with Gasteiger partial charge in [0.15, 0.2) is 0 Å². The number of phosphoric acid groups is 3. The van der Waals surface area contributed by atoms with Crippen LogP contribution in [0.4, 0.5) is 0 Å². The lowest BCUT2D eigenvalue weighted by Gasteiger charge is -2.36. The summed E-state index contributed by atoms with van der Waals surface area (Å²) in [4.78, 5) is 52.6. The molecule has 0 aromatic heterocycles. The van der Waals surface area contributed by atoms with Crippen LogP contribution < -0.4 is 0 Å². The van der Waals surface area contributed by atoms with E-state index in [-0.39, 0.29) is 19.3 Å². The Balaban J connectivity index is 2.98. The average molecular weight is 372 g/mol. The third-order valence-corrected chi connectivity index (χ3v) is 4.12. The Morgan fingerprint density at radius 2 is 1.00 bits per heavy atom. The molecule has 126 valence electrons. The summed E-state index contributed by atoms with van der Waals surface area (Å²) in [5.41, 5.74) is 0. The molecule has 12 nitrogen and oxygen atoms in total. The van der Waals surface area contributed by atoms with E-state index >= 15 is 0 Å². The van der Waals surface area contributed by atoms with E-state index < -0.39 is 41.8 Å². The first-order valence-corrected chi connectivity index (χ1v) is 10.1. The number of rotatable bonds is 6. The van der Waals surface area contributed by atoms with Gasteiger partial charge < -0.3 is 29.4 Å². The summed E-state index contributed by atoms with van der Waals surface area (Å²) in [5.74, 6) is 0. The maximum Gasteiger partial charge on any atom is 0.470 e. The third-order valence-electron chi connectivity index (χ3n) is 2.51. The molecule has 0 heterocycles. The topological polar surface area (TPSA) is 200 Å². The SMILES string of the molecule is O=P(O)(O)OC1CCCC(OP(=O)(O)O)C1OP(=O)(O)O. The predicted octanol–water partition coefficient (Wildman–Crippen LogP) is -0.396. The molecule has 0 aliphatic heterocycles. The molecule has 0 radical (unpaired) electrons. The van der Waals surface area contributed by atoms with Crippen molar-refractivity contribution in [3.63, 3.8) is 0 Å². The zero-order chi connectivity index (χ0) is 16.5. The van der Waals surface area contributed by atoms with Gasteiger partial charge in [-0.25, -0.2) is 13.7 Å². The zero-order valence-corrected chi connectivity index (χ0v) is 13.0. The van der Waals surface area contributed by atoms with Gasteiger partial charge in [-0.1, -0.05) is 0 Å². The molecule has 21 heavy (non-hydrogen) atoms. The molecule has 0 aromatic rings. The summed E-state index contributed by atoms with van der Waals surface area (Å²) in [6.07, 6.45) is -4.64. The van der Waals surface area contributed by atoms with Gasteiger partial charge in [0, 0.05) is 0 Å². The summed E-state index contributed by atoms with van der Waals surface area (Å²) in [5, 5.41) is 0. The van der Waals surface area contributed by atoms with Crippen molar-refractivity contribution in [2.75, 3.05) is 0 Å². The lowest BCUT2D eigenvalue weighted by Crippen LogP contribution is -2.44. The molecule has 2 atom stereocenters. The van der Waals surface area contributed by atoms with Crippen LogP contribution in [-0.2, 0) is 27.3 Å². The Hall–Kier alpha value is 0.330. The van der Waals surface area contributed by atoms with Gasteiger partial charge >= 0.3 is 23.5 Å². The van der Waals surface area contributed by atoms with Crippen molar-refractivity contribution in [2.24, 2.45) is 0 Å². The summed E-state index contributed by atoms with van der Waals surface area (Å²) < 4.78 is 45.6. The van der Waals surface area contributed by atoms with Crippen LogP contribution in [0.3, 0.4) is 0 Å². The second kappa shape index (κ2) is 6.84. The molecule has 2 unspecified atom stereocenters. The van der Waals surface area contributed by atoms with Crippen molar-refractivity contribution < 1.29 is 56.6 Å². The molecule has 15 heteroatoms. The largest absolute Gasteiger partial charge is 0.470 e. The van der Waals surface area contributed by atoms with Crippen LogP contribution in [0.25, 0.3) is 0 Å². The van der Waals surface area contributed by atoms with Gasteiger partial charge in [-0.05, 0) is 19.3 Å². The maximum atomic E-state index is 10.9. The Morgan fingerprint density at radius 1 is 0.667 bits per heavy atom. The molecule has 0 saturated heterocycles. The van der Waals surface area contributed by atoms with Crippen molar-refractivity contribution >= 4 is 23.5 Å². The molecule has 0 spiro atoms. The first kappa shape index (κ1) is 19.4. The predicted molar refractivity (Wildman–Crippen MR) is 64.6 cm³/mol. The molecule has 6 N–H and O–H groups in total. The Labute approximate surface area is 118 Å². The van der Waals surface area contributed by atoms with Gasteiger partial charge in [0.05, 0.1) is 12.2 Å². The summed E-state index contributed by atoms with van der Waals surface area (Å²) in [6.45, 7) is 0. The van der Waals surface area contributed by atoms with E-state index in [4.69, 9.17) is 29.4 Å². The number of phosphoric ester groups is 3. The second-order valence-corrected chi connectivity index (χ2v) is 7.84. The Morgan fingerprint density at radius 3 is 1.29 bits per heavy atom. The van der Waals surface area contributed by atoms with Crippen molar-refractivity contribution in [3.05, 3.63) is 0 Å². The van der Waals surface area contributed by atoms with E-state index in [1.165, 1.54) is 0 Å². The van der Waals surface area contributed by atoms with E-state index in [1.807, 2.05) is 0 Å². The Bertz CT molecular complexity index is 455. The Kier molecular flexibility index (Phi) is 6.31. The second-order valence-electron chi connectivity index (χ2n) is 4.26. The molecule has 0 bridgehead atoms. The minimum absolute atomic E-state index is 0.0448. The number of hydrogen-bond acceptors (Lipinski definition) is 6. The van der Waals surface area contributed by atoms with E-state index in [2.05, 4.69) is 13.6 Å². The first-order chi connectivity index (χ1) is 9.27. The summed E-state index contributed by atoms with van der Waals surface area (Å²) >= 11 is 0. The van der Waals surface area contributed by atoms with E-state index in [1.54, 1.807) is 0 Å². The van der Waals surface area contributed by atoms with Crippen LogP contribution in [0.5, 0.6) is 0 Å². The van der Waals surface area contributed by atoms with Crippen LogP contribution in [0.15, 0.2) is 0 Å². The molecule has 0 aromatic carbocycles. The fraction of sp³-hybridized carbons (Fsp3) is 1.00. The lowest BCUT2D eigenvalue weighted by atomic mass is 9.92. The van der Waals surface area contributed by atoms with Gasteiger partial charge in [-0.3, -0.25) is 13.6 Å². The van der Waals surface area contributed by atoms with Crippen molar-refractivity contribution in [1.29, 1.82) is 0 Å². The van der Waals surface area contributed by atoms with Crippen LogP contribution in [0.2, 0.25) is 0 Å². The molecule has 1 aliphatic carbocycles. The van der Waals surface area contributed by atoms with E-state index in [0.29, 0.717) is 0 Å². The smallest absolute Gasteiger partial charge is 0.303 e. The lowest BCUT2D eigenvalue weighted by molar-refractivity contribution is -0.0750. The fourth-order valence-electron chi connectivity index (χ4n) is 1.96. The van der Waals surface area contributed by atoms with Gasteiger partial charge in [0.2, 0.25) is 0 Å². The minimum Gasteiger partial charge on any atom is -0.303 e. The minimum atomic E-state index is -5.11. The summed E-state index contributed by atoms with van der Waals surface area (Å²) in [7, 11) is -15.1. The van der Waals surface area contributed by atoms with Gasteiger partial charge in [0.1, 0.15) is 6.10 Å². The highest BCUT2D eigenvalue weighted by atomic mass is 31.2. The van der Waals surface area contributed by atoms with Crippen molar-refractivity contribution in [3.8, 4) is 0 Å². The zero-order valence-electron chi connectivity index (χ0n) is 10.3. The van der Waals surface area contributed by atoms with Gasteiger partial charge in [-0.15, -0.1) is 0 Å². The molecular formula is C6H15O12P3. The monoisotopic (exact) mass is 372 g/mol. The molecule has 0 amide bonds. The van der Waals surface area contributed by atoms with E-state index in [0.717, 1.165) is 0 Å². The highest BCUT2D eigenvalue weighted by molar-refractivity contribution is 7.47. The average Bonchev–Trinajstić information content (AvgIpc) is 2.16.